The second kappa shape index (κ2) is 6.48. The summed E-state index contributed by atoms with van der Waals surface area (Å²) < 4.78 is 5.42. The molecule has 2 aromatic carbocycles. The lowest BCUT2D eigenvalue weighted by atomic mass is 10.0. The number of aromatic nitrogens is 1. The minimum atomic E-state index is -0.515. The minimum absolute atomic E-state index is 0.458. The Balaban J connectivity index is 1.73. The summed E-state index contributed by atoms with van der Waals surface area (Å²) in [6.45, 7) is 4.26. The van der Waals surface area contributed by atoms with Gasteiger partial charge in [-0.15, -0.1) is 0 Å². The van der Waals surface area contributed by atoms with Crippen LogP contribution in [-0.4, -0.2) is 11.1 Å². The smallest absolute Gasteiger partial charge is 0.409 e. The van der Waals surface area contributed by atoms with E-state index in [0.29, 0.717) is 17.4 Å². The van der Waals surface area contributed by atoms with Crippen molar-refractivity contribution in [1.29, 1.82) is 0 Å². The van der Waals surface area contributed by atoms with Crippen molar-refractivity contribution in [2.45, 2.75) is 19.8 Å². The van der Waals surface area contributed by atoms with E-state index in [1.165, 1.54) is 5.56 Å². The van der Waals surface area contributed by atoms with Crippen LogP contribution in [0.4, 0.5) is 10.5 Å². The molecule has 3 rings (SSSR count). The first kappa shape index (κ1) is 15.0. The SMILES string of the molecule is CC(C)c1ccc(NC(=O)Oc2ccnc3ccccc23)cc1. The predicted molar refractivity (Wildman–Crippen MR) is 91.9 cm³/mol. The summed E-state index contributed by atoms with van der Waals surface area (Å²) in [5, 5.41) is 3.55. The highest BCUT2D eigenvalue weighted by molar-refractivity contribution is 5.91. The molecule has 0 radical (unpaired) electrons. The number of fused-ring (bicyclic) bond motifs is 1. The molecule has 0 saturated carbocycles. The molecule has 0 spiro atoms. The number of rotatable bonds is 3. The van der Waals surface area contributed by atoms with Gasteiger partial charge in [-0.25, -0.2) is 4.79 Å². The van der Waals surface area contributed by atoms with Gasteiger partial charge in [0.15, 0.2) is 0 Å². The number of amides is 1. The van der Waals surface area contributed by atoms with E-state index in [9.17, 15) is 4.79 Å². The molecule has 1 heterocycles. The number of para-hydroxylation sites is 1. The van der Waals surface area contributed by atoms with Crippen LogP contribution in [0.2, 0.25) is 0 Å². The van der Waals surface area contributed by atoms with Crippen molar-refractivity contribution in [3.63, 3.8) is 0 Å². The zero-order valence-electron chi connectivity index (χ0n) is 13.1. The second-order valence-corrected chi connectivity index (χ2v) is 5.62. The fourth-order valence-corrected chi connectivity index (χ4v) is 2.35. The van der Waals surface area contributed by atoms with Gasteiger partial charge in [0.2, 0.25) is 0 Å². The maximum Gasteiger partial charge on any atom is 0.417 e. The van der Waals surface area contributed by atoms with Gasteiger partial charge in [0, 0.05) is 17.3 Å². The van der Waals surface area contributed by atoms with Crippen LogP contribution in [0, 0.1) is 0 Å². The number of ether oxygens (including phenoxy) is 1. The van der Waals surface area contributed by atoms with Gasteiger partial charge >= 0.3 is 6.09 Å². The summed E-state index contributed by atoms with van der Waals surface area (Å²) in [6.07, 6.45) is 1.11. The highest BCUT2D eigenvalue weighted by Crippen LogP contribution is 2.24. The molecule has 4 heteroatoms. The average molecular weight is 306 g/mol. The molecule has 3 aromatic rings. The molecule has 1 aromatic heterocycles. The largest absolute Gasteiger partial charge is 0.417 e. The molecule has 116 valence electrons. The molecule has 1 amide bonds. The number of anilines is 1. The predicted octanol–water partition coefficient (Wildman–Crippen LogP) is 4.97. The van der Waals surface area contributed by atoms with E-state index < -0.39 is 6.09 Å². The van der Waals surface area contributed by atoms with Crippen LogP contribution in [0.3, 0.4) is 0 Å². The number of hydrogen-bond acceptors (Lipinski definition) is 3. The summed E-state index contributed by atoms with van der Waals surface area (Å²) in [5.41, 5.74) is 2.72. The molecule has 0 aliphatic carbocycles. The minimum Gasteiger partial charge on any atom is -0.409 e. The molecule has 0 aliphatic heterocycles. The molecular weight excluding hydrogens is 288 g/mol. The summed E-state index contributed by atoms with van der Waals surface area (Å²) in [5.74, 6) is 0.950. The molecule has 0 bridgehead atoms. The molecule has 4 nitrogen and oxygen atoms in total. The summed E-state index contributed by atoms with van der Waals surface area (Å²) in [7, 11) is 0. The van der Waals surface area contributed by atoms with Crippen LogP contribution in [0.15, 0.2) is 60.8 Å². The number of benzene rings is 2. The Bertz CT molecular complexity index is 821. The van der Waals surface area contributed by atoms with Crippen molar-refractivity contribution in [1.82, 2.24) is 4.98 Å². The van der Waals surface area contributed by atoms with Crippen molar-refractivity contribution in [3.8, 4) is 5.75 Å². The molecule has 0 aliphatic rings. The average Bonchev–Trinajstić information content (AvgIpc) is 2.55. The fraction of sp³-hybridized carbons (Fsp3) is 0.158. The van der Waals surface area contributed by atoms with Gasteiger partial charge in [-0.2, -0.15) is 0 Å². The van der Waals surface area contributed by atoms with Crippen LogP contribution < -0.4 is 10.1 Å². The van der Waals surface area contributed by atoms with Crippen LogP contribution in [0.1, 0.15) is 25.3 Å². The summed E-state index contributed by atoms with van der Waals surface area (Å²) in [4.78, 5) is 16.3. The maximum atomic E-state index is 12.1. The Morgan fingerprint density at radius 2 is 1.78 bits per heavy atom. The Kier molecular flexibility index (Phi) is 4.24. The molecule has 0 unspecified atom stereocenters. The van der Waals surface area contributed by atoms with Gasteiger partial charge in [-0.1, -0.05) is 38.1 Å². The zero-order chi connectivity index (χ0) is 16.2. The van der Waals surface area contributed by atoms with Crippen molar-refractivity contribution < 1.29 is 9.53 Å². The lowest BCUT2D eigenvalue weighted by molar-refractivity contribution is 0.215. The van der Waals surface area contributed by atoms with Crippen molar-refractivity contribution >= 4 is 22.7 Å². The van der Waals surface area contributed by atoms with E-state index in [0.717, 1.165) is 10.9 Å². The topological polar surface area (TPSA) is 51.2 Å². The first-order chi connectivity index (χ1) is 11.1. The second-order valence-electron chi connectivity index (χ2n) is 5.62. The number of carbonyl (C=O) groups is 1. The molecular formula is C19H18N2O2. The Morgan fingerprint density at radius 3 is 2.52 bits per heavy atom. The highest BCUT2D eigenvalue weighted by atomic mass is 16.6. The summed E-state index contributed by atoms with van der Waals surface area (Å²) in [6, 6.07) is 17.0. The number of carbonyl (C=O) groups excluding carboxylic acids is 1. The Labute approximate surface area is 135 Å². The molecule has 1 N–H and O–H groups in total. The molecule has 0 fully saturated rings. The van der Waals surface area contributed by atoms with E-state index in [2.05, 4.69) is 24.1 Å². The van der Waals surface area contributed by atoms with Crippen molar-refractivity contribution in [3.05, 3.63) is 66.4 Å². The van der Waals surface area contributed by atoms with Gasteiger partial charge < -0.3 is 4.74 Å². The number of nitrogens with one attached hydrogen (secondary N) is 1. The normalized spacial score (nSPS) is 10.7. The van der Waals surface area contributed by atoms with Crippen LogP contribution in [-0.2, 0) is 0 Å². The third-order valence-electron chi connectivity index (χ3n) is 3.64. The Hall–Kier alpha value is -2.88. The van der Waals surface area contributed by atoms with E-state index in [-0.39, 0.29) is 0 Å². The van der Waals surface area contributed by atoms with Crippen molar-refractivity contribution in [2.75, 3.05) is 5.32 Å². The first-order valence-corrected chi connectivity index (χ1v) is 7.56. The van der Waals surface area contributed by atoms with Crippen LogP contribution in [0.5, 0.6) is 5.75 Å². The van der Waals surface area contributed by atoms with Gasteiger partial charge in [0.25, 0.3) is 0 Å². The maximum absolute atomic E-state index is 12.1. The van der Waals surface area contributed by atoms with E-state index in [1.807, 2.05) is 48.5 Å². The third-order valence-corrected chi connectivity index (χ3v) is 3.64. The van der Waals surface area contributed by atoms with Gasteiger partial charge in [-0.05, 0) is 41.8 Å². The summed E-state index contributed by atoms with van der Waals surface area (Å²) >= 11 is 0. The van der Waals surface area contributed by atoms with E-state index in [4.69, 9.17) is 4.74 Å². The fourth-order valence-electron chi connectivity index (χ4n) is 2.35. The Morgan fingerprint density at radius 1 is 1.04 bits per heavy atom. The zero-order valence-corrected chi connectivity index (χ0v) is 13.1. The first-order valence-electron chi connectivity index (χ1n) is 7.56. The van der Waals surface area contributed by atoms with Gasteiger partial charge in [0.05, 0.1) is 5.52 Å². The molecule has 0 atom stereocenters. The lowest BCUT2D eigenvalue weighted by Crippen LogP contribution is -2.16. The van der Waals surface area contributed by atoms with E-state index in [1.54, 1.807) is 12.3 Å². The third kappa shape index (κ3) is 3.48. The van der Waals surface area contributed by atoms with E-state index >= 15 is 0 Å². The highest BCUT2D eigenvalue weighted by Gasteiger charge is 2.09. The standard InChI is InChI=1S/C19H18N2O2/c1-13(2)14-7-9-15(10-8-14)21-19(22)23-18-11-12-20-17-6-4-3-5-16(17)18/h3-13H,1-2H3,(H,21,22). The monoisotopic (exact) mass is 306 g/mol. The van der Waals surface area contributed by atoms with Crippen molar-refractivity contribution in [2.24, 2.45) is 0 Å². The number of nitrogens with zero attached hydrogens (tertiary/aromatic N) is 1. The number of hydrogen-bond donors (Lipinski definition) is 1. The van der Waals surface area contributed by atoms with Crippen LogP contribution in [0.25, 0.3) is 10.9 Å². The molecule has 0 saturated heterocycles. The quantitative estimate of drug-likeness (QED) is 0.743. The molecule has 23 heavy (non-hydrogen) atoms. The van der Waals surface area contributed by atoms with Gasteiger partial charge in [0.1, 0.15) is 5.75 Å². The number of pyridine rings is 1. The van der Waals surface area contributed by atoms with Gasteiger partial charge in [-0.3, -0.25) is 10.3 Å². The van der Waals surface area contributed by atoms with Crippen LogP contribution >= 0.6 is 0 Å². The lowest BCUT2D eigenvalue weighted by Gasteiger charge is -2.10.